The maximum atomic E-state index is 6.66. The molecule has 0 atom stereocenters. The van der Waals surface area contributed by atoms with Gasteiger partial charge in [-0.1, -0.05) is 121 Å². The van der Waals surface area contributed by atoms with E-state index in [1.807, 2.05) is 6.07 Å². The average Bonchev–Trinajstić information content (AvgIpc) is 3.67. The van der Waals surface area contributed by atoms with Gasteiger partial charge in [-0.2, -0.15) is 0 Å². The summed E-state index contributed by atoms with van der Waals surface area (Å²) in [4.78, 5) is 0. The van der Waals surface area contributed by atoms with Crippen LogP contribution in [-0.2, 0) is 0 Å². The summed E-state index contributed by atoms with van der Waals surface area (Å²) in [5, 5.41) is 8.05. The molecule has 0 radical (unpaired) electrons. The molecule has 42 heavy (non-hydrogen) atoms. The monoisotopic (exact) mass is 536 g/mol. The van der Waals surface area contributed by atoms with Crippen LogP contribution in [0.25, 0.3) is 87.8 Å². The standard InChI is InChI=1S/C40H24O2/c1-2-11-25(12-3-1)27-13-4-5-14-28(27)38-29-15-6-8-17-31(29)39(32-18-9-7-16-30(32)38)34-20-10-19-33-35-24-36-26(21-22-41-36)23-37(35)42-40(33)34/h1-24H. The summed E-state index contributed by atoms with van der Waals surface area (Å²) in [6.45, 7) is 0. The van der Waals surface area contributed by atoms with E-state index in [2.05, 4.69) is 133 Å². The van der Waals surface area contributed by atoms with E-state index in [4.69, 9.17) is 8.83 Å². The molecular weight excluding hydrogens is 512 g/mol. The molecule has 0 saturated heterocycles. The Morgan fingerprint density at radius 1 is 0.381 bits per heavy atom. The molecule has 0 N–H and O–H groups in total. The second-order valence-electron chi connectivity index (χ2n) is 10.8. The van der Waals surface area contributed by atoms with Crippen LogP contribution in [0.1, 0.15) is 0 Å². The van der Waals surface area contributed by atoms with Crippen molar-refractivity contribution in [2.75, 3.05) is 0 Å². The van der Waals surface area contributed by atoms with Gasteiger partial charge in [0.25, 0.3) is 0 Å². The Bertz CT molecular complexity index is 2400. The fourth-order valence-corrected chi connectivity index (χ4v) is 6.73. The lowest BCUT2D eigenvalue weighted by Gasteiger charge is -2.19. The number of hydrogen-bond acceptors (Lipinski definition) is 2. The van der Waals surface area contributed by atoms with E-state index in [1.54, 1.807) is 6.26 Å². The molecule has 9 aromatic rings. The number of benzene rings is 7. The van der Waals surface area contributed by atoms with E-state index in [0.29, 0.717) is 0 Å². The Hall–Kier alpha value is -5.60. The van der Waals surface area contributed by atoms with E-state index in [0.717, 1.165) is 38.5 Å². The van der Waals surface area contributed by atoms with Crippen molar-refractivity contribution in [1.29, 1.82) is 0 Å². The molecule has 0 unspecified atom stereocenters. The normalized spacial score (nSPS) is 11.8. The molecule has 196 valence electrons. The molecule has 0 spiro atoms. The Labute approximate surface area is 242 Å². The van der Waals surface area contributed by atoms with Crippen molar-refractivity contribution in [3.63, 3.8) is 0 Å². The van der Waals surface area contributed by atoms with Gasteiger partial charge in [0.1, 0.15) is 16.7 Å². The lowest BCUT2D eigenvalue weighted by atomic mass is 9.83. The predicted octanol–water partition coefficient (Wildman–Crippen LogP) is 11.6. The second kappa shape index (κ2) is 8.95. The minimum atomic E-state index is 0.868. The molecule has 2 aromatic heterocycles. The highest BCUT2D eigenvalue weighted by atomic mass is 16.3. The van der Waals surface area contributed by atoms with Crippen molar-refractivity contribution in [3.05, 3.63) is 146 Å². The third kappa shape index (κ3) is 3.33. The van der Waals surface area contributed by atoms with Crippen LogP contribution in [0.4, 0.5) is 0 Å². The van der Waals surface area contributed by atoms with Gasteiger partial charge in [0.2, 0.25) is 0 Å². The number of hydrogen-bond donors (Lipinski definition) is 0. The zero-order valence-electron chi connectivity index (χ0n) is 22.7. The number of para-hydroxylation sites is 1. The number of rotatable bonds is 3. The van der Waals surface area contributed by atoms with Crippen LogP contribution in [0.2, 0.25) is 0 Å². The van der Waals surface area contributed by atoms with Crippen LogP contribution < -0.4 is 0 Å². The SMILES string of the molecule is c1ccc(-c2ccccc2-c2c3ccccc3c(-c3cccc4c3oc3cc5ccoc5cc34)c3ccccc23)cc1. The Kier molecular flexibility index (Phi) is 4.93. The minimum Gasteiger partial charge on any atom is -0.464 e. The molecule has 7 aromatic carbocycles. The second-order valence-corrected chi connectivity index (χ2v) is 10.8. The third-order valence-electron chi connectivity index (χ3n) is 8.55. The topological polar surface area (TPSA) is 26.3 Å². The summed E-state index contributed by atoms with van der Waals surface area (Å²) in [6.07, 6.45) is 1.73. The highest BCUT2D eigenvalue weighted by molar-refractivity contribution is 6.25. The first-order valence-corrected chi connectivity index (χ1v) is 14.3. The van der Waals surface area contributed by atoms with Crippen molar-refractivity contribution in [2.45, 2.75) is 0 Å². The smallest absolute Gasteiger partial charge is 0.143 e. The molecule has 0 aliphatic carbocycles. The maximum Gasteiger partial charge on any atom is 0.143 e. The molecule has 2 heteroatoms. The van der Waals surface area contributed by atoms with Crippen LogP contribution in [0.15, 0.2) is 155 Å². The molecule has 9 rings (SSSR count). The van der Waals surface area contributed by atoms with Crippen molar-refractivity contribution in [2.24, 2.45) is 0 Å². The van der Waals surface area contributed by atoms with Gasteiger partial charge in [0, 0.05) is 27.3 Å². The molecule has 0 aliphatic rings. The summed E-state index contributed by atoms with van der Waals surface area (Å²) in [7, 11) is 0. The van der Waals surface area contributed by atoms with Crippen LogP contribution in [0.5, 0.6) is 0 Å². The minimum absolute atomic E-state index is 0.868. The summed E-state index contributed by atoms with van der Waals surface area (Å²) in [5.41, 5.74) is 9.84. The maximum absolute atomic E-state index is 6.66. The highest BCUT2D eigenvalue weighted by Crippen LogP contribution is 2.48. The van der Waals surface area contributed by atoms with Crippen molar-refractivity contribution < 1.29 is 8.83 Å². The lowest BCUT2D eigenvalue weighted by molar-refractivity contribution is 0.616. The van der Waals surface area contributed by atoms with E-state index in [1.165, 1.54) is 49.4 Å². The molecule has 0 amide bonds. The molecule has 2 heterocycles. The Morgan fingerprint density at radius 2 is 0.952 bits per heavy atom. The van der Waals surface area contributed by atoms with Gasteiger partial charge in [-0.05, 0) is 62.0 Å². The van der Waals surface area contributed by atoms with Crippen LogP contribution in [0.3, 0.4) is 0 Å². The summed E-state index contributed by atoms with van der Waals surface area (Å²) >= 11 is 0. The van der Waals surface area contributed by atoms with Gasteiger partial charge in [-0.25, -0.2) is 0 Å². The Balaban J connectivity index is 1.41. The third-order valence-corrected chi connectivity index (χ3v) is 8.55. The zero-order chi connectivity index (χ0) is 27.6. The quantitative estimate of drug-likeness (QED) is 0.210. The zero-order valence-corrected chi connectivity index (χ0v) is 22.7. The Morgan fingerprint density at radius 3 is 1.67 bits per heavy atom. The van der Waals surface area contributed by atoms with Gasteiger partial charge in [-0.15, -0.1) is 0 Å². The first-order chi connectivity index (χ1) is 20.8. The first-order valence-electron chi connectivity index (χ1n) is 14.3. The molecule has 2 nitrogen and oxygen atoms in total. The summed E-state index contributed by atoms with van der Waals surface area (Å²) < 4.78 is 12.4. The van der Waals surface area contributed by atoms with Gasteiger partial charge >= 0.3 is 0 Å². The van der Waals surface area contributed by atoms with Crippen LogP contribution in [-0.4, -0.2) is 0 Å². The van der Waals surface area contributed by atoms with Gasteiger partial charge in [-0.3, -0.25) is 0 Å². The van der Waals surface area contributed by atoms with Gasteiger partial charge in [0.15, 0.2) is 0 Å². The van der Waals surface area contributed by atoms with Crippen LogP contribution in [0, 0.1) is 0 Å². The van der Waals surface area contributed by atoms with Crippen molar-refractivity contribution in [3.8, 4) is 33.4 Å². The van der Waals surface area contributed by atoms with E-state index in [9.17, 15) is 0 Å². The van der Waals surface area contributed by atoms with E-state index >= 15 is 0 Å². The predicted molar refractivity (Wildman–Crippen MR) is 175 cm³/mol. The van der Waals surface area contributed by atoms with Gasteiger partial charge in [0.05, 0.1) is 6.26 Å². The first kappa shape index (κ1) is 23.1. The van der Waals surface area contributed by atoms with Gasteiger partial charge < -0.3 is 8.83 Å². The molecule has 0 fully saturated rings. The summed E-state index contributed by atoms with van der Waals surface area (Å²) in [6, 6.07) is 49.7. The lowest BCUT2D eigenvalue weighted by Crippen LogP contribution is -1.92. The largest absolute Gasteiger partial charge is 0.464 e. The summed E-state index contributed by atoms with van der Waals surface area (Å²) in [5.74, 6) is 0. The van der Waals surface area contributed by atoms with E-state index < -0.39 is 0 Å². The average molecular weight is 537 g/mol. The number of fused-ring (bicyclic) bond motifs is 6. The molecule has 0 saturated carbocycles. The van der Waals surface area contributed by atoms with Crippen molar-refractivity contribution >= 4 is 54.5 Å². The molecule has 0 aliphatic heterocycles. The molecular formula is C40H24O2. The van der Waals surface area contributed by atoms with Crippen LogP contribution >= 0.6 is 0 Å². The van der Waals surface area contributed by atoms with E-state index in [-0.39, 0.29) is 0 Å². The number of furan rings is 2. The van der Waals surface area contributed by atoms with Crippen molar-refractivity contribution in [1.82, 2.24) is 0 Å². The molecule has 0 bridgehead atoms. The fourth-order valence-electron chi connectivity index (χ4n) is 6.73. The highest BCUT2D eigenvalue weighted by Gasteiger charge is 2.21. The fraction of sp³-hybridized carbons (Fsp3) is 0.